The second-order valence-corrected chi connectivity index (χ2v) is 7.61. The van der Waals surface area contributed by atoms with Crippen LogP contribution in [0.1, 0.15) is 164 Å². The fourth-order valence-electron chi connectivity index (χ4n) is 2.39. The van der Waals surface area contributed by atoms with Crippen molar-refractivity contribution in [1.82, 2.24) is 0 Å². The topological polar surface area (TPSA) is 20.2 Å². The largest absolute Gasteiger partial charge is 0.396 e. The Morgan fingerprint density at radius 1 is 0.296 bits per heavy atom. The van der Waals surface area contributed by atoms with Gasteiger partial charge < -0.3 is 5.11 Å². The van der Waals surface area contributed by atoms with Crippen LogP contribution in [-0.2, 0) is 0 Å². The van der Waals surface area contributed by atoms with Crippen LogP contribution < -0.4 is 0 Å². The summed E-state index contributed by atoms with van der Waals surface area (Å²) in [6, 6.07) is 0. The summed E-state index contributed by atoms with van der Waals surface area (Å²) in [5, 5.41) is 8.42. The normalized spacial score (nSPS) is 9.33. The van der Waals surface area contributed by atoms with Gasteiger partial charge in [0.25, 0.3) is 0 Å². The third-order valence-electron chi connectivity index (χ3n) is 4.38. The van der Waals surface area contributed by atoms with Gasteiger partial charge in [0.2, 0.25) is 0 Å². The van der Waals surface area contributed by atoms with E-state index < -0.39 is 0 Å². The average molecular weight is 389 g/mol. The van der Waals surface area contributed by atoms with Crippen LogP contribution in [0.2, 0.25) is 0 Å². The van der Waals surface area contributed by atoms with Crippen LogP contribution in [0.15, 0.2) is 0 Å². The third-order valence-corrected chi connectivity index (χ3v) is 4.38. The number of hydrogen-bond donors (Lipinski definition) is 1. The Hall–Kier alpha value is -0.0400. The second kappa shape index (κ2) is 45.0. The molecular weight excluding hydrogens is 328 g/mol. The third kappa shape index (κ3) is 66.6. The van der Waals surface area contributed by atoms with Crippen LogP contribution in [0.5, 0.6) is 0 Å². The van der Waals surface area contributed by atoms with Gasteiger partial charge in [0, 0.05) is 6.61 Å². The number of hydrogen-bond acceptors (Lipinski definition) is 1. The maximum atomic E-state index is 8.42. The molecule has 0 aromatic rings. The maximum absolute atomic E-state index is 8.42. The summed E-state index contributed by atoms with van der Waals surface area (Å²) in [5.74, 6) is 0. The molecular formula is C26H60O. The van der Waals surface area contributed by atoms with Crippen LogP contribution in [-0.4, -0.2) is 11.7 Å². The molecule has 0 rings (SSSR count). The molecule has 0 atom stereocenters. The molecule has 27 heavy (non-hydrogen) atoms. The van der Waals surface area contributed by atoms with Gasteiger partial charge in [0.05, 0.1) is 0 Å². The lowest BCUT2D eigenvalue weighted by molar-refractivity contribution is 0.282. The van der Waals surface area contributed by atoms with Gasteiger partial charge in [0.1, 0.15) is 0 Å². The highest BCUT2D eigenvalue weighted by molar-refractivity contribution is 4.41. The van der Waals surface area contributed by atoms with Gasteiger partial charge in [-0.1, -0.05) is 158 Å². The zero-order valence-electron chi connectivity index (χ0n) is 20.9. The predicted molar refractivity (Wildman–Crippen MR) is 130 cm³/mol. The van der Waals surface area contributed by atoms with Crippen LogP contribution in [0.3, 0.4) is 0 Å². The Balaban J connectivity index is -0.000000133. The van der Waals surface area contributed by atoms with E-state index >= 15 is 0 Å². The molecule has 0 aliphatic rings. The highest BCUT2D eigenvalue weighted by Gasteiger charge is 1.86. The van der Waals surface area contributed by atoms with Gasteiger partial charge in [-0.2, -0.15) is 0 Å². The smallest absolute Gasteiger partial charge is 0.0431 e. The Morgan fingerprint density at radius 2 is 0.481 bits per heavy atom. The van der Waals surface area contributed by atoms with Gasteiger partial charge in [-0.3, -0.25) is 0 Å². The summed E-state index contributed by atoms with van der Waals surface area (Å²) < 4.78 is 0. The van der Waals surface area contributed by atoms with E-state index in [1.54, 1.807) is 0 Å². The Kier molecular flexibility index (Phi) is 57.4. The summed E-state index contributed by atoms with van der Waals surface area (Å²) in [7, 11) is 0. The van der Waals surface area contributed by atoms with Gasteiger partial charge in [-0.25, -0.2) is 0 Å². The molecule has 0 unspecified atom stereocenters. The molecule has 0 bridgehead atoms. The minimum atomic E-state index is 0.367. The maximum Gasteiger partial charge on any atom is 0.0431 e. The van der Waals surface area contributed by atoms with Crippen LogP contribution in [0.4, 0.5) is 0 Å². The molecule has 0 saturated carbocycles. The van der Waals surface area contributed by atoms with Gasteiger partial charge >= 0.3 is 0 Å². The summed E-state index contributed by atoms with van der Waals surface area (Å²) in [6.07, 6.45) is 24.1. The van der Waals surface area contributed by atoms with Crippen molar-refractivity contribution in [1.29, 1.82) is 0 Å². The molecule has 0 aromatic carbocycles. The standard InChI is InChI=1S/C8H18O.3C6H14/c1-2-3-4-5-6-7-8-9;3*1-3-5-6-4-2/h9H,2-8H2,1H3;3*3-6H2,1-2H3. The zero-order valence-corrected chi connectivity index (χ0v) is 20.9. The second-order valence-electron chi connectivity index (χ2n) is 7.61. The van der Waals surface area contributed by atoms with E-state index in [4.69, 9.17) is 5.11 Å². The van der Waals surface area contributed by atoms with E-state index in [0.717, 1.165) is 6.42 Å². The molecule has 0 saturated heterocycles. The zero-order chi connectivity index (χ0) is 21.4. The van der Waals surface area contributed by atoms with Crippen molar-refractivity contribution in [2.75, 3.05) is 6.61 Å². The van der Waals surface area contributed by atoms with E-state index in [1.807, 2.05) is 0 Å². The lowest BCUT2D eigenvalue weighted by atomic mass is 10.1. The molecule has 0 radical (unpaired) electrons. The minimum Gasteiger partial charge on any atom is -0.396 e. The Labute approximate surface area is 176 Å². The average Bonchev–Trinajstić information content (AvgIpc) is 2.70. The number of unbranched alkanes of at least 4 members (excludes halogenated alkanes) is 14. The summed E-state index contributed by atoms with van der Waals surface area (Å²) in [4.78, 5) is 0. The quantitative estimate of drug-likeness (QED) is 0.276. The van der Waals surface area contributed by atoms with Gasteiger partial charge in [-0.15, -0.1) is 0 Å². The van der Waals surface area contributed by atoms with E-state index in [2.05, 4.69) is 48.5 Å². The minimum absolute atomic E-state index is 0.367. The summed E-state index contributed by atoms with van der Waals surface area (Å²) >= 11 is 0. The Bertz CT molecular complexity index is 131. The molecule has 0 fully saturated rings. The van der Waals surface area contributed by atoms with Crippen LogP contribution >= 0.6 is 0 Å². The van der Waals surface area contributed by atoms with Crippen molar-refractivity contribution in [3.8, 4) is 0 Å². The summed E-state index contributed by atoms with van der Waals surface area (Å²) in [5.41, 5.74) is 0. The molecule has 0 aliphatic carbocycles. The number of aliphatic hydroxyl groups is 1. The summed E-state index contributed by atoms with van der Waals surface area (Å²) in [6.45, 7) is 16.0. The monoisotopic (exact) mass is 388 g/mol. The Morgan fingerprint density at radius 3 is 0.704 bits per heavy atom. The van der Waals surface area contributed by atoms with E-state index in [1.165, 1.54) is 109 Å². The molecule has 1 nitrogen and oxygen atoms in total. The van der Waals surface area contributed by atoms with E-state index in [9.17, 15) is 0 Å². The fourth-order valence-corrected chi connectivity index (χ4v) is 2.39. The first-order valence-electron chi connectivity index (χ1n) is 12.8. The molecule has 0 spiro atoms. The van der Waals surface area contributed by atoms with Crippen molar-refractivity contribution in [3.05, 3.63) is 0 Å². The first-order valence-corrected chi connectivity index (χ1v) is 12.8. The number of aliphatic hydroxyl groups excluding tert-OH is 1. The van der Waals surface area contributed by atoms with Crippen molar-refractivity contribution < 1.29 is 5.11 Å². The van der Waals surface area contributed by atoms with Gasteiger partial charge in [-0.05, 0) is 6.42 Å². The fraction of sp³-hybridized carbons (Fsp3) is 1.00. The predicted octanol–water partition coefficient (Wildman–Crippen LogP) is 10.1. The molecule has 170 valence electrons. The lowest BCUT2D eigenvalue weighted by Gasteiger charge is -1.95. The molecule has 0 amide bonds. The van der Waals surface area contributed by atoms with E-state index in [0.29, 0.717) is 6.61 Å². The molecule has 0 aromatic heterocycles. The molecule has 1 N–H and O–H groups in total. The molecule has 1 heteroatoms. The highest BCUT2D eigenvalue weighted by atomic mass is 16.2. The molecule has 0 aliphatic heterocycles. The SMILES string of the molecule is CCCCCC.CCCCCC.CCCCCC.CCCCCCCCO. The van der Waals surface area contributed by atoms with Gasteiger partial charge in [0.15, 0.2) is 0 Å². The van der Waals surface area contributed by atoms with Crippen molar-refractivity contribution in [3.63, 3.8) is 0 Å². The first-order chi connectivity index (χ1) is 13.2. The van der Waals surface area contributed by atoms with Crippen LogP contribution in [0, 0.1) is 0 Å². The first kappa shape index (κ1) is 34.5. The highest BCUT2D eigenvalue weighted by Crippen LogP contribution is 2.03. The lowest BCUT2D eigenvalue weighted by Crippen LogP contribution is -1.82. The van der Waals surface area contributed by atoms with Crippen molar-refractivity contribution >= 4 is 0 Å². The van der Waals surface area contributed by atoms with Crippen molar-refractivity contribution in [2.24, 2.45) is 0 Å². The number of rotatable bonds is 15. The van der Waals surface area contributed by atoms with E-state index in [-0.39, 0.29) is 0 Å². The van der Waals surface area contributed by atoms with Crippen molar-refractivity contribution in [2.45, 2.75) is 164 Å². The van der Waals surface area contributed by atoms with Crippen LogP contribution in [0.25, 0.3) is 0 Å². The molecule has 0 heterocycles.